The molecule has 0 radical (unpaired) electrons. The summed E-state index contributed by atoms with van der Waals surface area (Å²) in [6.45, 7) is 0.529. The summed E-state index contributed by atoms with van der Waals surface area (Å²) in [4.78, 5) is 14.8. The van der Waals surface area contributed by atoms with E-state index in [1.807, 2.05) is 42.5 Å². The average molecular weight is 266 g/mol. The van der Waals surface area contributed by atoms with E-state index in [0.29, 0.717) is 12.2 Å². The number of hydrogen-bond donors (Lipinski definition) is 3. The molecular weight excluding hydrogens is 252 g/mol. The van der Waals surface area contributed by atoms with E-state index in [4.69, 9.17) is 0 Å². The van der Waals surface area contributed by atoms with Gasteiger partial charge in [-0.15, -0.1) is 0 Å². The van der Waals surface area contributed by atoms with Crippen LogP contribution < -0.4 is 10.9 Å². The maximum absolute atomic E-state index is 12.0. The highest BCUT2D eigenvalue weighted by Gasteiger charge is 2.02. The number of anilines is 1. The van der Waals surface area contributed by atoms with Crippen LogP contribution in [0, 0.1) is 0 Å². The molecule has 0 atom stereocenters. The number of aromatic amines is 1. The van der Waals surface area contributed by atoms with Crippen LogP contribution in [-0.4, -0.2) is 10.1 Å². The lowest BCUT2D eigenvalue weighted by molar-refractivity contribution is 0.475. The summed E-state index contributed by atoms with van der Waals surface area (Å²) < 4.78 is 0. The Labute approximate surface area is 115 Å². The number of phenolic OH excluding ortho intramolecular Hbond substituents is 1. The Kier molecular flexibility index (Phi) is 3.13. The number of pyridine rings is 1. The number of phenols is 1. The molecule has 2 aromatic carbocycles. The Hall–Kier alpha value is -2.75. The fraction of sp³-hybridized carbons (Fsp3) is 0.0625. The zero-order valence-electron chi connectivity index (χ0n) is 10.8. The van der Waals surface area contributed by atoms with Gasteiger partial charge in [0.2, 0.25) is 0 Å². The van der Waals surface area contributed by atoms with E-state index in [2.05, 4.69) is 10.3 Å². The van der Waals surface area contributed by atoms with Crippen molar-refractivity contribution in [3.05, 3.63) is 70.5 Å². The van der Waals surface area contributed by atoms with Crippen LogP contribution in [0.3, 0.4) is 0 Å². The van der Waals surface area contributed by atoms with Crippen molar-refractivity contribution in [1.82, 2.24) is 4.98 Å². The first-order valence-corrected chi connectivity index (χ1v) is 6.36. The van der Waals surface area contributed by atoms with Crippen LogP contribution in [0.1, 0.15) is 5.56 Å². The second kappa shape index (κ2) is 5.09. The van der Waals surface area contributed by atoms with Gasteiger partial charge in [-0.1, -0.05) is 30.3 Å². The van der Waals surface area contributed by atoms with Gasteiger partial charge in [-0.25, -0.2) is 0 Å². The number of H-pyrrole nitrogens is 1. The summed E-state index contributed by atoms with van der Waals surface area (Å²) in [6.07, 6.45) is 0. The fourth-order valence-corrected chi connectivity index (χ4v) is 2.09. The maximum Gasteiger partial charge on any atom is 0.271 e. The quantitative estimate of drug-likeness (QED) is 0.683. The van der Waals surface area contributed by atoms with E-state index < -0.39 is 0 Å². The van der Waals surface area contributed by atoms with Crippen molar-refractivity contribution in [2.45, 2.75) is 6.54 Å². The maximum atomic E-state index is 12.0. The lowest BCUT2D eigenvalue weighted by atomic mass is 10.2. The predicted octanol–water partition coefficient (Wildman–Crippen LogP) is 2.85. The molecule has 0 aliphatic carbocycles. The molecule has 0 unspecified atom stereocenters. The highest BCUT2D eigenvalue weighted by atomic mass is 16.3. The normalized spacial score (nSPS) is 10.6. The van der Waals surface area contributed by atoms with Gasteiger partial charge in [-0.2, -0.15) is 0 Å². The van der Waals surface area contributed by atoms with Crippen molar-refractivity contribution >= 4 is 16.6 Å². The second-order valence-electron chi connectivity index (χ2n) is 4.62. The van der Waals surface area contributed by atoms with E-state index in [9.17, 15) is 9.90 Å². The summed E-state index contributed by atoms with van der Waals surface area (Å²) in [5, 5.41) is 13.3. The minimum atomic E-state index is -0.137. The van der Waals surface area contributed by atoms with Crippen molar-refractivity contribution < 1.29 is 5.11 Å². The molecule has 1 heterocycles. The SMILES string of the molecule is O=c1[nH]c2ccccc2cc1NCc1ccc(O)cc1. The molecule has 3 N–H and O–H groups in total. The van der Waals surface area contributed by atoms with Crippen molar-refractivity contribution in [1.29, 1.82) is 0 Å². The van der Waals surface area contributed by atoms with Gasteiger partial charge < -0.3 is 15.4 Å². The van der Waals surface area contributed by atoms with E-state index in [-0.39, 0.29) is 11.3 Å². The number of aromatic nitrogens is 1. The summed E-state index contributed by atoms with van der Waals surface area (Å²) in [6, 6.07) is 16.4. The monoisotopic (exact) mass is 266 g/mol. The van der Waals surface area contributed by atoms with Crippen LogP contribution in [-0.2, 0) is 6.54 Å². The number of nitrogens with one attached hydrogen (secondary N) is 2. The molecule has 0 aliphatic rings. The number of aromatic hydroxyl groups is 1. The molecule has 100 valence electrons. The van der Waals surface area contributed by atoms with Crippen LogP contribution >= 0.6 is 0 Å². The first-order chi connectivity index (χ1) is 9.72. The van der Waals surface area contributed by atoms with Crippen LogP contribution in [0.25, 0.3) is 10.9 Å². The summed E-state index contributed by atoms with van der Waals surface area (Å²) in [5.41, 5.74) is 2.22. The molecule has 0 fully saturated rings. The van der Waals surface area contributed by atoms with Gasteiger partial charge in [0.15, 0.2) is 0 Å². The van der Waals surface area contributed by atoms with Crippen molar-refractivity contribution in [3.8, 4) is 5.75 Å². The van der Waals surface area contributed by atoms with Gasteiger partial charge in [0.1, 0.15) is 11.4 Å². The number of para-hydroxylation sites is 1. The molecule has 1 aromatic heterocycles. The molecule has 0 saturated heterocycles. The highest BCUT2D eigenvalue weighted by molar-refractivity contribution is 5.81. The standard InChI is InChI=1S/C16H14N2O2/c19-13-7-5-11(6-8-13)10-17-15-9-12-3-1-2-4-14(12)18-16(15)20/h1-9,17,19H,10H2,(H,18,20). The third kappa shape index (κ3) is 2.49. The Morgan fingerprint density at radius 2 is 1.80 bits per heavy atom. The van der Waals surface area contributed by atoms with Gasteiger partial charge in [0.25, 0.3) is 5.56 Å². The summed E-state index contributed by atoms with van der Waals surface area (Å²) >= 11 is 0. The zero-order valence-corrected chi connectivity index (χ0v) is 10.8. The van der Waals surface area contributed by atoms with Crippen molar-refractivity contribution in [3.63, 3.8) is 0 Å². The fourth-order valence-electron chi connectivity index (χ4n) is 2.09. The van der Waals surface area contributed by atoms with Crippen LogP contribution in [0.15, 0.2) is 59.4 Å². The van der Waals surface area contributed by atoms with Gasteiger partial charge in [0, 0.05) is 17.4 Å². The lowest BCUT2D eigenvalue weighted by Gasteiger charge is -2.07. The van der Waals surface area contributed by atoms with Crippen molar-refractivity contribution in [2.24, 2.45) is 0 Å². The van der Waals surface area contributed by atoms with Gasteiger partial charge in [-0.3, -0.25) is 4.79 Å². The molecule has 0 spiro atoms. The van der Waals surface area contributed by atoms with Crippen molar-refractivity contribution in [2.75, 3.05) is 5.32 Å². The predicted molar refractivity (Wildman–Crippen MR) is 80.0 cm³/mol. The van der Waals surface area contributed by atoms with Crippen LogP contribution in [0.5, 0.6) is 5.75 Å². The van der Waals surface area contributed by atoms with E-state index >= 15 is 0 Å². The Morgan fingerprint density at radius 3 is 2.60 bits per heavy atom. The number of rotatable bonds is 3. The largest absolute Gasteiger partial charge is 0.508 e. The molecule has 4 heteroatoms. The Bertz CT molecular complexity index is 791. The number of fused-ring (bicyclic) bond motifs is 1. The van der Waals surface area contributed by atoms with Gasteiger partial charge in [-0.05, 0) is 29.8 Å². The Balaban J connectivity index is 1.85. The summed E-state index contributed by atoms with van der Waals surface area (Å²) in [7, 11) is 0. The molecule has 20 heavy (non-hydrogen) atoms. The van der Waals surface area contributed by atoms with Crippen LogP contribution in [0.4, 0.5) is 5.69 Å². The Morgan fingerprint density at radius 1 is 1.05 bits per heavy atom. The molecule has 0 bridgehead atoms. The van der Waals surface area contributed by atoms with E-state index in [1.165, 1.54) is 0 Å². The zero-order chi connectivity index (χ0) is 13.9. The molecule has 3 rings (SSSR count). The molecule has 4 nitrogen and oxygen atoms in total. The molecule has 0 aliphatic heterocycles. The first-order valence-electron chi connectivity index (χ1n) is 6.36. The minimum absolute atomic E-state index is 0.137. The van der Waals surface area contributed by atoms with E-state index in [0.717, 1.165) is 16.5 Å². The highest BCUT2D eigenvalue weighted by Crippen LogP contribution is 2.14. The van der Waals surface area contributed by atoms with Crippen LogP contribution in [0.2, 0.25) is 0 Å². The molecule has 3 aromatic rings. The third-order valence-electron chi connectivity index (χ3n) is 3.17. The smallest absolute Gasteiger partial charge is 0.271 e. The minimum Gasteiger partial charge on any atom is -0.508 e. The average Bonchev–Trinajstić information content (AvgIpc) is 2.47. The molecular formula is C16H14N2O2. The lowest BCUT2D eigenvalue weighted by Crippen LogP contribution is -2.13. The van der Waals surface area contributed by atoms with Gasteiger partial charge >= 0.3 is 0 Å². The molecule has 0 amide bonds. The number of hydrogen-bond acceptors (Lipinski definition) is 3. The summed E-state index contributed by atoms with van der Waals surface area (Å²) in [5.74, 6) is 0.234. The van der Waals surface area contributed by atoms with Gasteiger partial charge in [0.05, 0.1) is 0 Å². The van der Waals surface area contributed by atoms with E-state index in [1.54, 1.807) is 12.1 Å². The topological polar surface area (TPSA) is 65.1 Å². The third-order valence-corrected chi connectivity index (χ3v) is 3.17. The molecule has 0 saturated carbocycles. The number of benzene rings is 2. The second-order valence-corrected chi connectivity index (χ2v) is 4.62. The first kappa shape index (κ1) is 12.3.